The zero-order valence-corrected chi connectivity index (χ0v) is 25.7. The fraction of sp³-hybridized carbons (Fsp3) is 0. The molecule has 47 heavy (non-hydrogen) atoms. The number of benzene rings is 9. The molecule has 0 fully saturated rings. The molecule has 10 aromatic rings. The van der Waals surface area contributed by atoms with Crippen molar-refractivity contribution in [3.05, 3.63) is 176 Å². The summed E-state index contributed by atoms with van der Waals surface area (Å²) in [6.07, 6.45) is 0. The lowest BCUT2D eigenvalue weighted by Gasteiger charge is -2.18. The van der Waals surface area contributed by atoms with Crippen molar-refractivity contribution in [2.45, 2.75) is 0 Å². The number of nitrogens with zero attached hydrogens (tertiary/aromatic N) is 1. The van der Waals surface area contributed by atoms with Crippen LogP contribution in [-0.2, 0) is 0 Å². The van der Waals surface area contributed by atoms with Crippen molar-refractivity contribution in [3.63, 3.8) is 0 Å². The summed E-state index contributed by atoms with van der Waals surface area (Å²) in [5.74, 6) is 0. The maximum Gasteiger partial charge on any atom is 0.0547 e. The fourth-order valence-electron chi connectivity index (χ4n) is 7.89. The molecule has 1 heteroatoms. The van der Waals surface area contributed by atoms with Crippen LogP contribution < -0.4 is 0 Å². The molecule has 10 rings (SSSR count). The largest absolute Gasteiger partial charge is 0.309 e. The number of hydrogen-bond donors (Lipinski definition) is 0. The van der Waals surface area contributed by atoms with Gasteiger partial charge >= 0.3 is 0 Å². The summed E-state index contributed by atoms with van der Waals surface area (Å²) >= 11 is 0. The van der Waals surface area contributed by atoms with Gasteiger partial charge in [0.05, 0.1) is 11.0 Å². The molecule has 0 N–H and O–H groups in total. The molecule has 0 aliphatic rings. The topological polar surface area (TPSA) is 4.93 Å². The Kier molecular flexibility index (Phi) is 5.64. The summed E-state index contributed by atoms with van der Waals surface area (Å²) < 4.78 is 2.44. The van der Waals surface area contributed by atoms with E-state index in [4.69, 9.17) is 0 Å². The Morgan fingerprint density at radius 2 is 0.809 bits per heavy atom. The van der Waals surface area contributed by atoms with E-state index in [1.807, 2.05) is 0 Å². The smallest absolute Gasteiger partial charge is 0.0547 e. The Morgan fingerprint density at radius 1 is 0.298 bits per heavy atom. The molecule has 0 bridgehead atoms. The minimum atomic E-state index is 1.17. The average Bonchev–Trinajstić information content (AvgIpc) is 3.48. The van der Waals surface area contributed by atoms with E-state index in [0.29, 0.717) is 0 Å². The van der Waals surface area contributed by atoms with Gasteiger partial charge in [0.1, 0.15) is 0 Å². The molecule has 0 amide bonds. The van der Waals surface area contributed by atoms with Crippen molar-refractivity contribution in [2.24, 2.45) is 0 Å². The van der Waals surface area contributed by atoms with Gasteiger partial charge in [-0.2, -0.15) is 0 Å². The molecule has 218 valence electrons. The van der Waals surface area contributed by atoms with Gasteiger partial charge in [-0.15, -0.1) is 0 Å². The molecule has 0 atom stereocenters. The van der Waals surface area contributed by atoms with Crippen LogP contribution in [-0.4, -0.2) is 4.57 Å². The molecule has 1 heterocycles. The second-order valence-electron chi connectivity index (χ2n) is 12.5. The highest BCUT2D eigenvalue weighted by molar-refractivity contribution is 6.24. The number of para-hydroxylation sites is 1. The Labute approximate surface area is 272 Å². The molecule has 0 radical (unpaired) electrons. The summed E-state index contributed by atoms with van der Waals surface area (Å²) in [6.45, 7) is 0. The SMILES string of the molecule is c1ccc(-n2c3cc(-c4c5ccccc5c(-c5ccc6ccccc6c5)c5ccccc45)ccc3c3c4ccccc4ccc32)cc1. The number of fused-ring (bicyclic) bond motifs is 8. The van der Waals surface area contributed by atoms with Gasteiger partial charge in [0.2, 0.25) is 0 Å². The summed E-state index contributed by atoms with van der Waals surface area (Å²) in [5, 5.41) is 12.7. The quantitative estimate of drug-likeness (QED) is 0.179. The van der Waals surface area contributed by atoms with Crippen molar-refractivity contribution < 1.29 is 0 Å². The third-order valence-corrected chi connectivity index (χ3v) is 9.93. The van der Waals surface area contributed by atoms with Gasteiger partial charge < -0.3 is 4.57 Å². The van der Waals surface area contributed by atoms with Crippen LogP contribution in [0.1, 0.15) is 0 Å². The van der Waals surface area contributed by atoms with Crippen LogP contribution in [0.15, 0.2) is 176 Å². The monoisotopic (exact) mass is 595 g/mol. The molecule has 0 unspecified atom stereocenters. The van der Waals surface area contributed by atoms with Crippen molar-refractivity contribution in [2.75, 3.05) is 0 Å². The van der Waals surface area contributed by atoms with Crippen LogP contribution in [0, 0.1) is 0 Å². The average molecular weight is 596 g/mol. The van der Waals surface area contributed by atoms with Crippen LogP contribution in [0.5, 0.6) is 0 Å². The van der Waals surface area contributed by atoms with Gasteiger partial charge in [-0.3, -0.25) is 0 Å². The van der Waals surface area contributed by atoms with E-state index in [-0.39, 0.29) is 0 Å². The maximum atomic E-state index is 2.44. The van der Waals surface area contributed by atoms with E-state index in [2.05, 4.69) is 180 Å². The van der Waals surface area contributed by atoms with Crippen molar-refractivity contribution in [1.82, 2.24) is 4.57 Å². The van der Waals surface area contributed by atoms with E-state index >= 15 is 0 Å². The first-order valence-electron chi connectivity index (χ1n) is 16.3. The Balaban J connectivity index is 1.31. The fourth-order valence-corrected chi connectivity index (χ4v) is 7.89. The first-order valence-corrected chi connectivity index (χ1v) is 16.3. The van der Waals surface area contributed by atoms with Gasteiger partial charge in [-0.05, 0) is 95.7 Å². The molecule has 9 aromatic carbocycles. The molecule has 0 spiro atoms. The molecular formula is C46H29N. The Morgan fingerprint density at radius 3 is 1.49 bits per heavy atom. The summed E-state index contributed by atoms with van der Waals surface area (Å²) in [5.41, 5.74) is 8.64. The zero-order chi connectivity index (χ0) is 30.9. The third-order valence-electron chi connectivity index (χ3n) is 9.93. The Bertz CT molecular complexity index is 2780. The van der Waals surface area contributed by atoms with Crippen molar-refractivity contribution in [1.29, 1.82) is 0 Å². The van der Waals surface area contributed by atoms with Gasteiger partial charge in [0.25, 0.3) is 0 Å². The number of aromatic nitrogens is 1. The van der Waals surface area contributed by atoms with E-state index in [9.17, 15) is 0 Å². The van der Waals surface area contributed by atoms with Crippen LogP contribution in [0.4, 0.5) is 0 Å². The molecule has 0 saturated heterocycles. The summed E-state index contributed by atoms with van der Waals surface area (Å²) in [4.78, 5) is 0. The lowest BCUT2D eigenvalue weighted by atomic mass is 9.85. The van der Waals surface area contributed by atoms with Crippen LogP contribution in [0.3, 0.4) is 0 Å². The molecule has 0 saturated carbocycles. The standard InChI is InChI=1S/C46H29N/c1-2-15-35(16-3-1)47-42-27-25-31-13-6-7-17-36(31)46(42)41-26-24-34(29-43(41)47)45-39-20-10-8-18-37(39)44(38-19-9-11-21-40(38)45)33-23-22-30-12-4-5-14-32(30)28-33/h1-29H. The van der Waals surface area contributed by atoms with E-state index in [1.54, 1.807) is 0 Å². The van der Waals surface area contributed by atoms with Gasteiger partial charge in [-0.25, -0.2) is 0 Å². The lowest BCUT2D eigenvalue weighted by molar-refractivity contribution is 1.18. The summed E-state index contributed by atoms with van der Waals surface area (Å²) in [7, 11) is 0. The van der Waals surface area contributed by atoms with Crippen molar-refractivity contribution in [3.8, 4) is 27.9 Å². The van der Waals surface area contributed by atoms with Crippen LogP contribution in [0.2, 0.25) is 0 Å². The molecule has 0 aliphatic heterocycles. The molecule has 1 aromatic heterocycles. The lowest BCUT2D eigenvalue weighted by Crippen LogP contribution is -1.94. The zero-order valence-electron chi connectivity index (χ0n) is 25.7. The Hall–Kier alpha value is -6.18. The maximum absolute atomic E-state index is 2.44. The highest BCUT2D eigenvalue weighted by Gasteiger charge is 2.20. The van der Waals surface area contributed by atoms with Crippen LogP contribution >= 0.6 is 0 Å². The van der Waals surface area contributed by atoms with E-state index < -0.39 is 0 Å². The van der Waals surface area contributed by atoms with Crippen molar-refractivity contribution >= 4 is 64.9 Å². The minimum Gasteiger partial charge on any atom is -0.309 e. The highest BCUT2D eigenvalue weighted by atomic mass is 15.0. The second kappa shape index (κ2) is 10.2. The number of hydrogen-bond acceptors (Lipinski definition) is 0. The number of rotatable bonds is 3. The van der Waals surface area contributed by atoms with Gasteiger partial charge in [0.15, 0.2) is 0 Å². The van der Waals surface area contributed by atoms with E-state index in [1.165, 1.54) is 92.8 Å². The van der Waals surface area contributed by atoms with E-state index in [0.717, 1.165) is 0 Å². The third kappa shape index (κ3) is 3.90. The first-order chi connectivity index (χ1) is 23.3. The normalized spacial score (nSPS) is 11.8. The minimum absolute atomic E-state index is 1.17. The first kappa shape index (κ1) is 26.1. The molecule has 1 nitrogen and oxygen atoms in total. The second-order valence-corrected chi connectivity index (χ2v) is 12.5. The molecular weight excluding hydrogens is 567 g/mol. The van der Waals surface area contributed by atoms with Gasteiger partial charge in [0, 0.05) is 16.5 Å². The van der Waals surface area contributed by atoms with Gasteiger partial charge in [-0.1, -0.05) is 146 Å². The predicted octanol–water partition coefficient (Wildman–Crippen LogP) is 12.7. The summed E-state index contributed by atoms with van der Waals surface area (Å²) in [6, 6.07) is 64.6. The van der Waals surface area contributed by atoms with Crippen LogP contribution in [0.25, 0.3) is 92.8 Å². The molecule has 0 aliphatic carbocycles. The predicted molar refractivity (Wildman–Crippen MR) is 202 cm³/mol. The highest BCUT2D eigenvalue weighted by Crippen LogP contribution is 2.46.